The maximum absolute atomic E-state index is 2.43. The standard InChI is InChI=1S/C43H29N/c1-3-14-30(15-4-1)31-26-28-33(29-27-31)44(32-16-5-2-6-17-32)41-25-13-24-40-42(41)36-20-9-12-23-39(36)43(40)37-21-10-7-18-34(37)35-19-8-11-22-38(35)43/h1-29H. The minimum absolute atomic E-state index is 0.366. The zero-order valence-corrected chi connectivity index (χ0v) is 24.2. The molecule has 2 aliphatic rings. The van der Waals surface area contributed by atoms with E-state index in [1.807, 2.05) is 0 Å². The second-order valence-corrected chi connectivity index (χ2v) is 11.7. The highest BCUT2D eigenvalue weighted by Crippen LogP contribution is 2.64. The lowest BCUT2D eigenvalue weighted by atomic mass is 9.70. The van der Waals surface area contributed by atoms with Crippen molar-refractivity contribution in [1.29, 1.82) is 0 Å². The van der Waals surface area contributed by atoms with Gasteiger partial charge in [0.1, 0.15) is 0 Å². The summed E-state index contributed by atoms with van der Waals surface area (Å²) < 4.78 is 0. The molecule has 0 heterocycles. The van der Waals surface area contributed by atoms with Gasteiger partial charge in [-0.25, -0.2) is 0 Å². The van der Waals surface area contributed by atoms with Crippen LogP contribution in [0.2, 0.25) is 0 Å². The molecule has 1 nitrogen and oxygen atoms in total. The molecule has 7 aromatic carbocycles. The van der Waals surface area contributed by atoms with Crippen molar-refractivity contribution in [2.75, 3.05) is 4.90 Å². The number of para-hydroxylation sites is 1. The van der Waals surface area contributed by atoms with E-state index in [-0.39, 0.29) is 5.41 Å². The van der Waals surface area contributed by atoms with Crippen LogP contribution in [-0.4, -0.2) is 0 Å². The molecule has 0 fully saturated rings. The summed E-state index contributed by atoms with van der Waals surface area (Å²) in [4.78, 5) is 2.43. The molecule has 0 aliphatic heterocycles. The van der Waals surface area contributed by atoms with Crippen LogP contribution < -0.4 is 4.90 Å². The predicted molar refractivity (Wildman–Crippen MR) is 183 cm³/mol. The summed E-state index contributed by atoms with van der Waals surface area (Å²) in [5, 5.41) is 0. The van der Waals surface area contributed by atoms with Crippen molar-refractivity contribution in [2.24, 2.45) is 0 Å². The summed E-state index contributed by atoms with van der Waals surface area (Å²) >= 11 is 0. The van der Waals surface area contributed by atoms with Crippen molar-refractivity contribution in [3.63, 3.8) is 0 Å². The maximum atomic E-state index is 2.43. The number of anilines is 3. The Labute approximate surface area is 258 Å². The smallest absolute Gasteiger partial charge is 0.0726 e. The van der Waals surface area contributed by atoms with E-state index in [0.29, 0.717) is 0 Å². The van der Waals surface area contributed by atoms with Gasteiger partial charge in [-0.3, -0.25) is 0 Å². The molecule has 7 aromatic rings. The molecule has 1 spiro atoms. The van der Waals surface area contributed by atoms with Crippen molar-refractivity contribution in [2.45, 2.75) is 5.41 Å². The monoisotopic (exact) mass is 559 g/mol. The Balaban J connectivity index is 1.32. The van der Waals surface area contributed by atoms with Gasteiger partial charge in [-0.1, -0.05) is 146 Å². The largest absolute Gasteiger partial charge is 0.310 e. The first-order valence-corrected chi connectivity index (χ1v) is 15.3. The third kappa shape index (κ3) is 3.41. The molecule has 0 N–H and O–H groups in total. The minimum atomic E-state index is -0.366. The Kier molecular flexibility index (Phi) is 5.48. The lowest BCUT2D eigenvalue weighted by molar-refractivity contribution is 0.794. The summed E-state index contributed by atoms with van der Waals surface area (Å²) in [6.07, 6.45) is 0. The van der Waals surface area contributed by atoms with Crippen LogP contribution in [0, 0.1) is 0 Å². The topological polar surface area (TPSA) is 3.24 Å². The number of benzene rings is 7. The fraction of sp³-hybridized carbons (Fsp3) is 0.0233. The van der Waals surface area contributed by atoms with E-state index in [0.717, 1.165) is 11.4 Å². The van der Waals surface area contributed by atoms with Gasteiger partial charge < -0.3 is 4.90 Å². The van der Waals surface area contributed by atoms with E-state index < -0.39 is 0 Å². The van der Waals surface area contributed by atoms with E-state index in [4.69, 9.17) is 0 Å². The summed E-state index contributed by atoms with van der Waals surface area (Å²) in [5.74, 6) is 0. The average molecular weight is 560 g/mol. The number of rotatable bonds is 4. The zero-order valence-electron chi connectivity index (χ0n) is 24.2. The van der Waals surface area contributed by atoms with Crippen LogP contribution in [0.1, 0.15) is 22.3 Å². The highest BCUT2D eigenvalue weighted by atomic mass is 15.1. The third-order valence-corrected chi connectivity index (χ3v) is 9.49. The molecule has 0 saturated carbocycles. The number of hydrogen-bond acceptors (Lipinski definition) is 1. The van der Waals surface area contributed by atoms with Crippen LogP contribution in [-0.2, 0) is 5.41 Å². The van der Waals surface area contributed by atoms with E-state index in [1.54, 1.807) is 0 Å². The fourth-order valence-corrected chi connectivity index (χ4v) is 7.75. The number of nitrogens with zero attached hydrogens (tertiary/aromatic N) is 1. The molecule has 0 unspecified atom stereocenters. The van der Waals surface area contributed by atoms with Crippen LogP contribution in [0.5, 0.6) is 0 Å². The highest BCUT2D eigenvalue weighted by Gasteiger charge is 2.52. The van der Waals surface area contributed by atoms with Crippen molar-refractivity contribution in [3.05, 3.63) is 198 Å². The first-order valence-electron chi connectivity index (χ1n) is 15.3. The van der Waals surface area contributed by atoms with Crippen LogP contribution in [0.25, 0.3) is 33.4 Å². The van der Waals surface area contributed by atoms with Gasteiger partial charge in [0.2, 0.25) is 0 Å². The van der Waals surface area contributed by atoms with Crippen LogP contribution >= 0.6 is 0 Å². The Morgan fingerprint density at radius 3 is 1.41 bits per heavy atom. The van der Waals surface area contributed by atoms with Gasteiger partial charge in [0, 0.05) is 16.9 Å². The van der Waals surface area contributed by atoms with Gasteiger partial charge in [-0.05, 0) is 80.4 Å². The highest BCUT2D eigenvalue weighted by molar-refractivity contribution is 6.01. The molecular formula is C43H29N. The van der Waals surface area contributed by atoms with Gasteiger partial charge in [-0.15, -0.1) is 0 Å². The fourth-order valence-electron chi connectivity index (χ4n) is 7.75. The van der Waals surface area contributed by atoms with Crippen molar-refractivity contribution < 1.29 is 0 Å². The quantitative estimate of drug-likeness (QED) is 0.207. The Hall–Kier alpha value is -5.66. The maximum Gasteiger partial charge on any atom is 0.0726 e. The number of fused-ring (bicyclic) bond motifs is 10. The minimum Gasteiger partial charge on any atom is -0.310 e. The summed E-state index contributed by atoms with van der Waals surface area (Å²) in [6.45, 7) is 0. The SMILES string of the molecule is c1ccc(-c2ccc(N(c3ccccc3)c3cccc4c3-c3ccccc3C43c4ccccc4-c4ccccc43)cc2)cc1. The molecular weight excluding hydrogens is 530 g/mol. The Morgan fingerprint density at radius 2 is 0.773 bits per heavy atom. The Bertz CT molecular complexity index is 2110. The molecule has 0 amide bonds. The normalized spacial score (nSPS) is 13.2. The lowest BCUT2D eigenvalue weighted by Gasteiger charge is -2.31. The molecule has 1 heteroatoms. The van der Waals surface area contributed by atoms with E-state index in [9.17, 15) is 0 Å². The van der Waals surface area contributed by atoms with Crippen molar-refractivity contribution >= 4 is 17.1 Å². The van der Waals surface area contributed by atoms with Gasteiger partial charge in [0.05, 0.1) is 11.1 Å². The first kappa shape index (κ1) is 24.9. The van der Waals surface area contributed by atoms with E-state index in [1.165, 1.54) is 61.3 Å². The molecule has 206 valence electrons. The lowest BCUT2D eigenvalue weighted by Crippen LogP contribution is -2.26. The number of hydrogen-bond donors (Lipinski definition) is 0. The van der Waals surface area contributed by atoms with Gasteiger partial charge in [0.15, 0.2) is 0 Å². The molecule has 9 rings (SSSR count). The zero-order chi connectivity index (χ0) is 29.1. The van der Waals surface area contributed by atoms with Crippen molar-refractivity contribution in [1.82, 2.24) is 0 Å². The summed E-state index contributed by atoms with van der Waals surface area (Å²) in [6, 6.07) is 64.3. The van der Waals surface area contributed by atoms with Gasteiger partial charge in [-0.2, -0.15) is 0 Å². The molecule has 0 saturated heterocycles. The van der Waals surface area contributed by atoms with Crippen LogP contribution in [0.3, 0.4) is 0 Å². The Morgan fingerprint density at radius 1 is 0.318 bits per heavy atom. The molecule has 0 atom stereocenters. The van der Waals surface area contributed by atoms with Crippen LogP contribution in [0.15, 0.2) is 176 Å². The summed E-state index contributed by atoms with van der Waals surface area (Å²) in [7, 11) is 0. The molecule has 0 radical (unpaired) electrons. The first-order chi connectivity index (χ1) is 21.9. The summed E-state index contributed by atoms with van der Waals surface area (Å²) in [5.41, 5.74) is 16.2. The molecule has 0 aromatic heterocycles. The molecule has 2 aliphatic carbocycles. The molecule has 0 bridgehead atoms. The average Bonchev–Trinajstić information content (AvgIpc) is 3.58. The van der Waals surface area contributed by atoms with Gasteiger partial charge in [0.25, 0.3) is 0 Å². The third-order valence-electron chi connectivity index (χ3n) is 9.49. The van der Waals surface area contributed by atoms with Crippen molar-refractivity contribution in [3.8, 4) is 33.4 Å². The molecule has 44 heavy (non-hydrogen) atoms. The van der Waals surface area contributed by atoms with E-state index >= 15 is 0 Å². The van der Waals surface area contributed by atoms with Gasteiger partial charge >= 0.3 is 0 Å². The predicted octanol–water partition coefficient (Wildman–Crippen LogP) is 11.2. The van der Waals surface area contributed by atoms with E-state index in [2.05, 4.69) is 181 Å². The second kappa shape index (κ2) is 9.69. The van der Waals surface area contributed by atoms with Crippen LogP contribution in [0.4, 0.5) is 17.1 Å². The second-order valence-electron chi connectivity index (χ2n) is 11.7.